The molecule has 5 nitrogen and oxygen atoms in total. The number of ketones is 1. The molecule has 1 fully saturated rings. The molecule has 0 unspecified atom stereocenters. The Hall–Kier alpha value is -2.51. The molecule has 1 aliphatic rings. The molecular formula is C17H19F3N2O3. The van der Waals surface area contributed by atoms with Crippen LogP contribution < -0.4 is 10.1 Å². The normalized spacial score (nSPS) is 17.8. The zero-order valence-electron chi connectivity index (χ0n) is 13.7. The molecule has 1 aromatic rings. The number of alkyl halides is 3. The first-order valence-electron chi connectivity index (χ1n) is 7.90. The molecule has 1 aliphatic heterocycles. The van der Waals surface area contributed by atoms with E-state index in [-0.39, 0.29) is 5.91 Å². The van der Waals surface area contributed by atoms with Gasteiger partial charge in [-0.05, 0) is 31.9 Å². The van der Waals surface area contributed by atoms with Crippen molar-refractivity contribution in [1.29, 1.82) is 0 Å². The molecular weight excluding hydrogens is 337 g/mol. The number of allylic oxidation sites excluding steroid dienone is 1. The Kier molecular flexibility index (Phi) is 6.06. The number of rotatable bonds is 6. The molecule has 1 N–H and O–H groups in total. The Morgan fingerprint density at radius 3 is 2.76 bits per heavy atom. The molecule has 1 aromatic carbocycles. The van der Waals surface area contributed by atoms with E-state index in [2.05, 4.69) is 5.32 Å². The van der Waals surface area contributed by atoms with Crippen LogP contribution in [0.3, 0.4) is 0 Å². The lowest BCUT2D eigenvalue weighted by Crippen LogP contribution is -2.37. The summed E-state index contributed by atoms with van der Waals surface area (Å²) in [5.74, 6) is -1.78. The van der Waals surface area contributed by atoms with Crippen molar-refractivity contribution >= 4 is 17.4 Å². The summed E-state index contributed by atoms with van der Waals surface area (Å²) in [6.07, 6.45) is -2.27. The van der Waals surface area contributed by atoms with Crippen LogP contribution in [-0.2, 0) is 9.59 Å². The number of amides is 1. The third kappa shape index (κ3) is 4.98. The standard InChI is InChI=1S/C17H19F3N2O3/c1-2-25-14-8-4-3-6-12(14)21-16(24)13-7-5-10-22(13)11-9-15(23)17(18,19)20/h3-4,6,8-9,11,13H,2,5,7,10H2,1H3,(H,21,24)/b11-9+/t13-/m0/s1. The number of halogens is 3. The van der Waals surface area contributed by atoms with Gasteiger partial charge in [0.05, 0.1) is 12.3 Å². The molecule has 0 aliphatic carbocycles. The van der Waals surface area contributed by atoms with Gasteiger partial charge >= 0.3 is 6.18 Å². The molecule has 0 bridgehead atoms. The predicted molar refractivity (Wildman–Crippen MR) is 86.2 cm³/mol. The molecule has 1 atom stereocenters. The van der Waals surface area contributed by atoms with E-state index < -0.39 is 18.0 Å². The molecule has 1 amide bonds. The number of carbonyl (C=O) groups is 2. The first-order chi connectivity index (χ1) is 11.8. The zero-order valence-corrected chi connectivity index (χ0v) is 13.7. The smallest absolute Gasteiger partial charge is 0.454 e. The maximum Gasteiger partial charge on any atom is 0.454 e. The fourth-order valence-corrected chi connectivity index (χ4v) is 2.57. The fraction of sp³-hybridized carbons (Fsp3) is 0.412. The number of benzene rings is 1. The van der Waals surface area contributed by atoms with E-state index in [9.17, 15) is 22.8 Å². The predicted octanol–water partition coefficient (Wildman–Crippen LogP) is 3.13. The lowest BCUT2D eigenvalue weighted by atomic mass is 10.2. The molecule has 0 aromatic heterocycles. The summed E-state index contributed by atoms with van der Waals surface area (Å²) >= 11 is 0. The van der Waals surface area contributed by atoms with E-state index >= 15 is 0 Å². The van der Waals surface area contributed by atoms with Gasteiger partial charge in [0, 0.05) is 18.8 Å². The number of ether oxygens (including phenoxy) is 1. The van der Waals surface area contributed by atoms with Crippen molar-refractivity contribution in [3.05, 3.63) is 36.5 Å². The van der Waals surface area contributed by atoms with Crippen LogP contribution in [-0.4, -0.2) is 42.0 Å². The number of anilines is 1. The summed E-state index contributed by atoms with van der Waals surface area (Å²) < 4.78 is 42.2. The Labute approximate surface area is 143 Å². The third-order valence-corrected chi connectivity index (χ3v) is 3.74. The highest BCUT2D eigenvalue weighted by Gasteiger charge is 2.37. The molecule has 25 heavy (non-hydrogen) atoms. The number of carbonyl (C=O) groups excluding carboxylic acids is 2. The summed E-state index contributed by atoms with van der Waals surface area (Å²) in [6, 6.07) is 6.28. The van der Waals surface area contributed by atoms with Gasteiger partial charge in [-0.1, -0.05) is 12.1 Å². The van der Waals surface area contributed by atoms with E-state index in [0.717, 1.165) is 6.20 Å². The van der Waals surface area contributed by atoms with Gasteiger partial charge < -0.3 is 15.0 Å². The quantitative estimate of drug-likeness (QED) is 0.796. The topological polar surface area (TPSA) is 58.6 Å². The monoisotopic (exact) mass is 356 g/mol. The number of para-hydroxylation sites is 2. The van der Waals surface area contributed by atoms with Crippen LogP contribution in [0, 0.1) is 0 Å². The minimum atomic E-state index is -4.91. The zero-order chi connectivity index (χ0) is 18.4. The van der Waals surface area contributed by atoms with Crippen LogP contribution in [0.5, 0.6) is 5.75 Å². The summed E-state index contributed by atoms with van der Waals surface area (Å²) in [5.41, 5.74) is 0.497. The highest BCUT2D eigenvalue weighted by molar-refractivity contribution is 5.97. The number of nitrogens with zero attached hydrogens (tertiary/aromatic N) is 1. The second-order valence-electron chi connectivity index (χ2n) is 5.49. The van der Waals surface area contributed by atoms with Crippen LogP contribution in [0.4, 0.5) is 18.9 Å². The van der Waals surface area contributed by atoms with E-state index in [1.807, 2.05) is 6.92 Å². The van der Waals surface area contributed by atoms with Gasteiger partial charge in [0.1, 0.15) is 11.8 Å². The summed E-state index contributed by atoms with van der Waals surface area (Å²) in [6.45, 7) is 2.66. The number of hydrogen-bond donors (Lipinski definition) is 1. The highest BCUT2D eigenvalue weighted by atomic mass is 19.4. The second kappa shape index (κ2) is 8.04. The minimum absolute atomic E-state index is 0.353. The average molecular weight is 356 g/mol. The van der Waals surface area contributed by atoms with Gasteiger partial charge in [-0.25, -0.2) is 0 Å². The van der Waals surface area contributed by atoms with Gasteiger partial charge in [0.2, 0.25) is 5.91 Å². The Balaban J connectivity index is 2.06. The number of likely N-dealkylation sites (tertiary alicyclic amines) is 1. The Morgan fingerprint density at radius 2 is 2.08 bits per heavy atom. The largest absolute Gasteiger partial charge is 0.492 e. The Bertz CT molecular complexity index is 659. The van der Waals surface area contributed by atoms with E-state index in [1.165, 1.54) is 4.90 Å². The summed E-state index contributed by atoms with van der Waals surface area (Å²) in [5, 5.41) is 2.74. The minimum Gasteiger partial charge on any atom is -0.492 e. The lowest BCUT2D eigenvalue weighted by Gasteiger charge is -2.22. The number of nitrogens with one attached hydrogen (secondary N) is 1. The van der Waals surface area contributed by atoms with Gasteiger partial charge in [0.15, 0.2) is 0 Å². The fourth-order valence-electron chi connectivity index (χ4n) is 2.57. The first kappa shape index (κ1) is 18.8. The first-order valence-corrected chi connectivity index (χ1v) is 7.90. The maximum absolute atomic E-state index is 12.5. The SMILES string of the molecule is CCOc1ccccc1NC(=O)[C@@H]1CCCN1/C=C/C(=O)C(F)(F)F. The molecule has 1 saturated heterocycles. The van der Waals surface area contributed by atoms with Crippen LogP contribution >= 0.6 is 0 Å². The van der Waals surface area contributed by atoms with Crippen molar-refractivity contribution in [1.82, 2.24) is 4.90 Å². The van der Waals surface area contributed by atoms with Gasteiger partial charge in [-0.15, -0.1) is 0 Å². The lowest BCUT2D eigenvalue weighted by molar-refractivity contribution is -0.165. The molecule has 1 heterocycles. The van der Waals surface area contributed by atoms with Crippen molar-refractivity contribution in [3.8, 4) is 5.75 Å². The van der Waals surface area contributed by atoms with Crippen molar-refractivity contribution in [2.75, 3.05) is 18.5 Å². The van der Waals surface area contributed by atoms with Gasteiger partial charge in [0.25, 0.3) is 5.78 Å². The maximum atomic E-state index is 12.5. The van der Waals surface area contributed by atoms with Gasteiger partial charge in [-0.3, -0.25) is 9.59 Å². The van der Waals surface area contributed by atoms with Crippen LogP contribution in [0.25, 0.3) is 0 Å². The Morgan fingerprint density at radius 1 is 1.36 bits per heavy atom. The molecule has 8 heteroatoms. The second-order valence-corrected chi connectivity index (χ2v) is 5.49. The third-order valence-electron chi connectivity index (χ3n) is 3.74. The molecule has 0 radical (unpaired) electrons. The molecule has 0 saturated carbocycles. The summed E-state index contributed by atoms with van der Waals surface area (Å²) in [7, 11) is 0. The highest BCUT2D eigenvalue weighted by Crippen LogP contribution is 2.26. The number of hydrogen-bond acceptors (Lipinski definition) is 4. The van der Waals surface area contributed by atoms with Crippen molar-refractivity contribution < 1.29 is 27.5 Å². The van der Waals surface area contributed by atoms with Crippen LogP contribution in [0.1, 0.15) is 19.8 Å². The van der Waals surface area contributed by atoms with Gasteiger partial charge in [-0.2, -0.15) is 13.2 Å². The van der Waals surface area contributed by atoms with Crippen molar-refractivity contribution in [2.24, 2.45) is 0 Å². The van der Waals surface area contributed by atoms with Crippen LogP contribution in [0.15, 0.2) is 36.5 Å². The average Bonchev–Trinajstić information content (AvgIpc) is 3.02. The molecule has 0 spiro atoms. The molecule has 136 valence electrons. The summed E-state index contributed by atoms with van der Waals surface area (Å²) in [4.78, 5) is 24.9. The van der Waals surface area contributed by atoms with Crippen molar-refractivity contribution in [2.45, 2.75) is 32.0 Å². The van der Waals surface area contributed by atoms with E-state index in [1.54, 1.807) is 24.3 Å². The van der Waals surface area contributed by atoms with E-state index in [4.69, 9.17) is 4.74 Å². The van der Waals surface area contributed by atoms with E-state index in [0.29, 0.717) is 43.5 Å². The van der Waals surface area contributed by atoms with Crippen molar-refractivity contribution in [3.63, 3.8) is 0 Å². The molecule has 2 rings (SSSR count). The van der Waals surface area contributed by atoms with Crippen LogP contribution in [0.2, 0.25) is 0 Å².